The number of benzene rings is 1. The van der Waals surface area contributed by atoms with E-state index in [9.17, 15) is 9.59 Å². The first-order valence-corrected chi connectivity index (χ1v) is 9.43. The summed E-state index contributed by atoms with van der Waals surface area (Å²) < 4.78 is 6.10. The van der Waals surface area contributed by atoms with Crippen molar-refractivity contribution in [2.75, 3.05) is 7.11 Å². The monoisotopic (exact) mass is 369 g/mol. The summed E-state index contributed by atoms with van der Waals surface area (Å²) in [5.41, 5.74) is 2.44. The molecule has 1 aliphatic rings. The van der Waals surface area contributed by atoms with Crippen LogP contribution >= 0.6 is 11.3 Å². The first kappa shape index (κ1) is 16.9. The Bertz CT molecular complexity index is 1040. The minimum absolute atomic E-state index is 0.0842. The minimum atomic E-state index is -0.381. The van der Waals surface area contributed by atoms with Crippen LogP contribution < -0.4 is 5.56 Å². The van der Waals surface area contributed by atoms with Crippen LogP contribution in [0.5, 0.6) is 0 Å². The molecule has 0 amide bonds. The average molecular weight is 369 g/mol. The van der Waals surface area contributed by atoms with Crippen molar-refractivity contribution in [2.24, 2.45) is 5.92 Å². The topological polar surface area (TPSA) is 74.1 Å². The van der Waals surface area contributed by atoms with Gasteiger partial charge in [0.2, 0.25) is 0 Å². The van der Waals surface area contributed by atoms with Gasteiger partial charge in [-0.15, -0.1) is 16.4 Å². The van der Waals surface area contributed by atoms with Crippen LogP contribution in [0.2, 0.25) is 0 Å². The first-order chi connectivity index (χ1) is 12.6. The number of hydrogen-bond acceptors (Lipinski definition) is 6. The Labute approximate surface area is 154 Å². The van der Waals surface area contributed by atoms with E-state index >= 15 is 0 Å². The van der Waals surface area contributed by atoms with Gasteiger partial charge in [0.15, 0.2) is 4.83 Å². The molecule has 1 atom stereocenters. The van der Waals surface area contributed by atoms with E-state index in [1.807, 2.05) is 0 Å². The number of esters is 1. The van der Waals surface area contributed by atoms with Gasteiger partial charge in [0.25, 0.3) is 5.56 Å². The van der Waals surface area contributed by atoms with Gasteiger partial charge in [0.05, 0.1) is 24.6 Å². The lowest BCUT2D eigenvalue weighted by atomic mass is 9.89. The van der Waals surface area contributed by atoms with Gasteiger partial charge in [0.1, 0.15) is 0 Å². The first-order valence-electron chi connectivity index (χ1n) is 8.62. The lowest BCUT2D eigenvalue weighted by Gasteiger charge is -2.17. The SMILES string of the molecule is COC(=O)c1ccc(Cn2nnc3sc4c(c3c2=O)CCC(C)C4)cc1. The third-order valence-electron chi connectivity index (χ3n) is 4.89. The number of ether oxygens (including phenoxy) is 1. The number of carbonyl (C=O) groups is 1. The second kappa shape index (κ2) is 6.64. The Kier molecular flexibility index (Phi) is 4.32. The summed E-state index contributed by atoms with van der Waals surface area (Å²) in [7, 11) is 1.35. The van der Waals surface area contributed by atoms with Crippen molar-refractivity contribution < 1.29 is 9.53 Å². The Hall–Kier alpha value is -2.54. The van der Waals surface area contributed by atoms with Crippen molar-refractivity contribution in [3.05, 3.63) is 56.2 Å². The zero-order chi connectivity index (χ0) is 18.3. The smallest absolute Gasteiger partial charge is 0.337 e. The molecule has 134 valence electrons. The average Bonchev–Trinajstić information content (AvgIpc) is 3.02. The number of nitrogens with zero attached hydrogens (tertiary/aromatic N) is 3. The molecule has 1 unspecified atom stereocenters. The Morgan fingerprint density at radius 1 is 1.35 bits per heavy atom. The maximum atomic E-state index is 13.0. The Morgan fingerprint density at radius 3 is 2.85 bits per heavy atom. The van der Waals surface area contributed by atoms with E-state index in [2.05, 4.69) is 17.2 Å². The molecule has 4 rings (SSSR count). The number of fused-ring (bicyclic) bond motifs is 3. The van der Waals surface area contributed by atoms with E-state index < -0.39 is 0 Å². The molecule has 0 radical (unpaired) electrons. The summed E-state index contributed by atoms with van der Waals surface area (Å²) in [4.78, 5) is 26.5. The molecule has 1 aromatic carbocycles. The molecule has 7 heteroatoms. The predicted molar refractivity (Wildman–Crippen MR) is 99.7 cm³/mol. The van der Waals surface area contributed by atoms with E-state index in [0.717, 1.165) is 40.6 Å². The molecule has 26 heavy (non-hydrogen) atoms. The quantitative estimate of drug-likeness (QED) is 0.664. The van der Waals surface area contributed by atoms with E-state index in [4.69, 9.17) is 4.74 Å². The normalized spacial score (nSPS) is 16.5. The van der Waals surface area contributed by atoms with Crippen molar-refractivity contribution in [1.82, 2.24) is 15.0 Å². The molecule has 0 N–H and O–H groups in total. The van der Waals surface area contributed by atoms with Crippen molar-refractivity contribution in [1.29, 1.82) is 0 Å². The molecule has 6 nitrogen and oxygen atoms in total. The number of aromatic nitrogens is 3. The largest absolute Gasteiger partial charge is 0.465 e. The number of methoxy groups -OCH3 is 1. The third-order valence-corrected chi connectivity index (χ3v) is 6.03. The van der Waals surface area contributed by atoms with Gasteiger partial charge in [0, 0.05) is 4.88 Å². The van der Waals surface area contributed by atoms with Crippen LogP contribution in [0, 0.1) is 5.92 Å². The molecule has 0 spiro atoms. The van der Waals surface area contributed by atoms with Gasteiger partial charge in [-0.25, -0.2) is 9.48 Å². The Balaban J connectivity index is 1.68. The van der Waals surface area contributed by atoms with E-state index in [1.165, 1.54) is 16.7 Å². The third kappa shape index (κ3) is 2.92. The highest BCUT2D eigenvalue weighted by atomic mass is 32.1. The van der Waals surface area contributed by atoms with Crippen molar-refractivity contribution in [3.8, 4) is 0 Å². The van der Waals surface area contributed by atoms with E-state index in [-0.39, 0.29) is 11.5 Å². The molecule has 0 aliphatic heterocycles. The lowest BCUT2D eigenvalue weighted by Crippen LogP contribution is -2.25. The fourth-order valence-electron chi connectivity index (χ4n) is 3.43. The van der Waals surface area contributed by atoms with Crippen LogP contribution in [-0.4, -0.2) is 28.1 Å². The van der Waals surface area contributed by atoms with Crippen LogP contribution in [0.3, 0.4) is 0 Å². The number of carbonyl (C=O) groups excluding carboxylic acids is 1. The highest BCUT2D eigenvalue weighted by Crippen LogP contribution is 2.35. The standard InChI is InChI=1S/C19H19N3O3S/c1-11-3-8-14-15(9-11)26-17-16(14)18(23)22(21-20-17)10-12-4-6-13(7-5-12)19(24)25-2/h4-7,11H,3,8-10H2,1-2H3. The van der Waals surface area contributed by atoms with Crippen LogP contribution in [0.4, 0.5) is 0 Å². The summed E-state index contributed by atoms with van der Waals surface area (Å²) in [6, 6.07) is 6.97. The summed E-state index contributed by atoms with van der Waals surface area (Å²) in [6.45, 7) is 2.57. The maximum absolute atomic E-state index is 13.0. The molecule has 0 saturated carbocycles. The van der Waals surface area contributed by atoms with Crippen molar-refractivity contribution >= 4 is 27.5 Å². The van der Waals surface area contributed by atoms with E-state index in [0.29, 0.717) is 18.0 Å². The van der Waals surface area contributed by atoms with Gasteiger partial charge in [-0.3, -0.25) is 4.79 Å². The zero-order valence-corrected chi connectivity index (χ0v) is 15.5. The highest BCUT2D eigenvalue weighted by Gasteiger charge is 2.23. The van der Waals surface area contributed by atoms with Crippen molar-refractivity contribution in [2.45, 2.75) is 32.7 Å². The van der Waals surface area contributed by atoms with Crippen LogP contribution in [0.1, 0.15) is 39.7 Å². The van der Waals surface area contributed by atoms with Crippen LogP contribution in [0.25, 0.3) is 10.2 Å². The lowest BCUT2D eigenvalue weighted by molar-refractivity contribution is 0.0600. The summed E-state index contributed by atoms with van der Waals surface area (Å²) >= 11 is 1.60. The van der Waals surface area contributed by atoms with Gasteiger partial charge in [-0.1, -0.05) is 24.3 Å². The molecule has 0 fully saturated rings. The molecule has 0 saturated heterocycles. The van der Waals surface area contributed by atoms with Gasteiger partial charge in [-0.05, 0) is 48.4 Å². The fourth-order valence-corrected chi connectivity index (χ4v) is 4.75. The van der Waals surface area contributed by atoms with E-state index in [1.54, 1.807) is 35.6 Å². The zero-order valence-electron chi connectivity index (χ0n) is 14.7. The summed E-state index contributed by atoms with van der Waals surface area (Å²) in [6.07, 6.45) is 3.06. The highest BCUT2D eigenvalue weighted by molar-refractivity contribution is 7.18. The molecular weight excluding hydrogens is 350 g/mol. The molecule has 1 aliphatic carbocycles. The molecule has 0 bridgehead atoms. The minimum Gasteiger partial charge on any atom is -0.465 e. The second-order valence-corrected chi connectivity index (χ2v) is 7.86. The van der Waals surface area contributed by atoms with Gasteiger partial charge in [-0.2, -0.15) is 0 Å². The van der Waals surface area contributed by atoms with Crippen LogP contribution in [0.15, 0.2) is 29.1 Å². The summed E-state index contributed by atoms with van der Waals surface area (Å²) in [5.74, 6) is 0.271. The Morgan fingerprint density at radius 2 is 2.12 bits per heavy atom. The second-order valence-electron chi connectivity index (χ2n) is 6.77. The molecular formula is C19H19N3O3S. The number of rotatable bonds is 3. The number of thiophene rings is 1. The van der Waals surface area contributed by atoms with Crippen LogP contribution in [-0.2, 0) is 24.1 Å². The van der Waals surface area contributed by atoms with Gasteiger partial charge < -0.3 is 4.74 Å². The number of hydrogen-bond donors (Lipinski definition) is 0. The number of aryl methyl sites for hydroxylation is 1. The fraction of sp³-hybridized carbons (Fsp3) is 0.368. The summed E-state index contributed by atoms with van der Waals surface area (Å²) in [5, 5.41) is 9.13. The molecule has 2 aromatic heterocycles. The molecule has 2 heterocycles. The molecule has 3 aromatic rings. The van der Waals surface area contributed by atoms with Crippen molar-refractivity contribution in [3.63, 3.8) is 0 Å². The predicted octanol–water partition coefficient (Wildman–Crippen LogP) is 2.81. The maximum Gasteiger partial charge on any atom is 0.337 e. The van der Waals surface area contributed by atoms with Gasteiger partial charge >= 0.3 is 5.97 Å².